The van der Waals surface area contributed by atoms with Crippen molar-refractivity contribution in [2.75, 3.05) is 7.05 Å². The van der Waals surface area contributed by atoms with Crippen molar-refractivity contribution in [2.45, 2.75) is 25.1 Å². The largest absolute Gasteiger partial charge is 0.399 e. The molecule has 0 saturated heterocycles. The van der Waals surface area contributed by atoms with E-state index in [1.54, 1.807) is 5.32 Å². The Labute approximate surface area is 173 Å². The topological polar surface area (TPSA) is 12.0 Å². The third-order valence-corrected chi connectivity index (χ3v) is 4.73. The lowest BCUT2D eigenvalue weighted by Crippen LogP contribution is -2.31. The van der Waals surface area contributed by atoms with Crippen LogP contribution < -0.4 is 5.32 Å². The fourth-order valence-electron chi connectivity index (χ4n) is 2.84. The predicted molar refractivity (Wildman–Crippen MR) is 104 cm³/mol. The number of alkyl halides is 5. The van der Waals surface area contributed by atoms with E-state index in [4.69, 9.17) is 11.6 Å². The van der Waals surface area contributed by atoms with Gasteiger partial charge in [-0.15, -0.1) is 0 Å². The summed E-state index contributed by atoms with van der Waals surface area (Å²) in [7, 11) is 0.978. The summed E-state index contributed by atoms with van der Waals surface area (Å²) in [6, 6.07) is 1.03. The molecule has 162 valence electrons. The summed E-state index contributed by atoms with van der Waals surface area (Å²) in [6.45, 7) is 4.62. The van der Waals surface area contributed by atoms with E-state index in [2.05, 4.69) is 6.58 Å². The minimum atomic E-state index is -4.94. The predicted octanol–water partition coefficient (Wildman–Crippen LogP) is 7.36. The third kappa shape index (κ3) is 5.05. The van der Waals surface area contributed by atoms with Crippen molar-refractivity contribution in [3.8, 4) is 0 Å². The van der Waals surface area contributed by atoms with Crippen molar-refractivity contribution in [2.24, 2.45) is 0 Å². The van der Waals surface area contributed by atoms with Crippen molar-refractivity contribution >= 4 is 23.5 Å². The van der Waals surface area contributed by atoms with Crippen molar-refractivity contribution < 1.29 is 30.7 Å². The lowest BCUT2D eigenvalue weighted by molar-refractivity contribution is -0.139. The van der Waals surface area contributed by atoms with Crippen LogP contribution in [0.15, 0.2) is 43.0 Å². The Hall–Kier alpha value is -2.32. The van der Waals surface area contributed by atoms with Crippen LogP contribution in [-0.2, 0) is 6.05 Å². The minimum Gasteiger partial charge on any atom is -0.257 e. The highest BCUT2D eigenvalue weighted by atomic mass is 35.5. The summed E-state index contributed by atoms with van der Waals surface area (Å²) in [5.41, 5.74) is -1.77. The Kier molecular flexibility index (Phi) is 7.04. The van der Waals surface area contributed by atoms with Gasteiger partial charge in [-0.2, -0.15) is 22.0 Å². The van der Waals surface area contributed by atoms with Gasteiger partial charge in [0.15, 0.2) is 0 Å². The van der Waals surface area contributed by atoms with Gasteiger partial charge in [-0.05, 0) is 48.9 Å². The number of benzene rings is 2. The van der Waals surface area contributed by atoms with E-state index in [1.807, 2.05) is 0 Å². The summed E-state index contributed by atoms with van der Waals surface area (Å²) in [6.07, 6.45) is -3.58. The second-order valence-corrected chi connectivity index (χ2v) is 6.91. The summed E-state index contributed by atoms with van der Waals surface area (Å²) in [4.78, 5) is 0. The first-order chi connectivity index (χ1) is 13.8. The molecule has 0 bridgehead atoms. The first kappa shape index (κ1) is 24.0. The van der Waals surface area contributed by atoms with Gasteiger partial charge in [0.05, 0.1) is 5.02 Å². The molecule has 30 heavy (non-hydrogen) atoms. The number of hydrogen-bond acceptors (Lipinski definition) is 1. The van der Waals surface area contributed by atoms with Crippen LogP contribution in [0.1, 0.15) is 33.7 Å². The van der Waals surface area contributed by atoms with Crippen LogP contribution in [0.25, 0.3) is 11.9 Å². The molecule has 0 aliphatic heterocycles. The van der Waals surface area contributed by atoms with Crippen LogP contribution in [0, 0.1) is 12.7 Å². The maximum Gasteiger partial charge on any atom is 0.399 e. The van der Waals surface area contributed by atoms with Gasteiger partial charge in [0, 0.05) is 11.1 Å². The van der Waals surface area contributed by atoms with E-state index in [-0.39, 0.29) is 17.2 Å². The lowest BCUT2D eigenvalue weighted by Gasteiger charge is -2.20. The van der Waals surface area contributed by atoms with Gasteiger partial charge in [0.2, 0.25) is 0 Å². The standard InChI is InChI=1S/C21H17ClF7N/c1-4-12-5-6-13(8-16(12)21(28,29)30-3)18(23)10-15(20(25,26)27)14-7-11(2)19(24)17(22)9-14/h4-10,15,30H,1H2,2-3H3/b18-10-. The molecule has 1 N–H and O–H groups in total. The molecule has 0 saturated carbocycles. The second kappa shape index (κ2) is 8.81. The van der Waals surface area contributed by atoms with Crippen LogP contribution in [0.4, 0.5) is 30.7 Å². The van der Waals surface area contributed by atoms with Crippen molar-refractivity contribution in [1.29, 1.82) is 0 Å². The number of halogens is 8. The van der Waals surface area contributed by atoms with E-state index < -0.39 is 51.5 Å². The summed E-state index contributed by atoms with van der Waals surface area (Å²) < 4.78 is 97.4. The number of allylic oxidation sites excluding steroid dienone is 1. The summed E-state index contributed by atoms with van der Waals surface area (Å²) in [5.74, 6) is -4.73. The van der Waals surface area contributed by atoms with Crippen LogP contribution in [0.5, 0.6) is 0 Å². The molecule has 2 rings (SSSR count). The van der Waals surface area contributed by atoms with E-state index >= 15 is 0 Å². The molecule has 1 atom stereocenters. The average Bonchev–Trinajstić information content (AvgIpc) is 2.68. The third-order valence-electron chi connectivity index (χ3n) is 4.46. The average molecular weight is 452 g/mol. The van der Waals surface area contributed by atoms with Crippen LogP contribution in [0.2, 0.25) is 5.02 Å². The number of nitrogens with one attached hydrogen (secondary N) is 1. The maximum atomic E-state index is 14.8. The molecule has 1 nitrogen and oxygen atoms in total. The van der Waals surface area contributed by atoms with E-state index in [0.717, 1.165) is 43.5 Å². The molecule has 9 heteroatoms. The normalized spacial score (nSPS) is 14.0. The van der Waals surface area contributed by atoms with Gasteiger partial charge >= 0.3 is 12.2 Å². The van der Waals surface area contributed by atoms with Crippen LogP contribution >= 0.6 is 11.6 Å². The molecule has 0 aliphatic carbocycles. The first-order valence-electron chi connectivity index (χ1n) is 8.55. The highest BCUT2D eigenvalue weighted by Gasteiger charge is 2.40. The molecule has 0 heterocycles. The summed E-state index contributed by atoms with van der Waals surface area (Å²) >= 11 is 5.63. The monoisotopic (exact) mass is 451 g/mol. The Morgan fingerprint density at radius 2 is 1.77 bits per heavy atom. The van der Waals surface area contributed by atoms with Gasteiger partial charge < -0.3 is 0 Å². The first-order valence-corrected chi connectivity index (χ1v) is 8.93. The van der Waals surface area contributed by atoms with Crippen LogP contribution in [-0.4, -0.2) is 13.2 Å². The molecule has 0 aliphatic rings. The minimum absolute atomic E-state index is 0.0146. The van der Waals surface area contributed by atoms with Crippen molar-refractivity contribution in [3.05, 3.63) is 81.6 Å². The molecule has 0 aromatic heterocycles. The zero-order chi connectivity index (χ0) is 22.9. The van der Waals surface area contributed by atoms with Gasteiger partial charge in [-0.3, -0.25) is 5.32 Å². The highest BCUT2D eigenvalue weighted by Crippen LogP contribution is 2.40. The maximum absolute atomic E-state index is 14.8. The van der Waals surface area contributed by atoms with Crippen molar-refractivity contribution in [3.63, 3.8) is 0 Å². The molecular formula is C21H17ClF7N. The molecule has 0 amide bonds. The SMILES string of the molecule is C=Cc1ccc(/C(F)=C/C(c2cc(C)c(F)c(Cl)c2)C(F)(F)F)cc1C(F)(F)NC. The van der Waals surface area contributed by atoms with E-state index in [9.17, 15) is 30.7 Å². The molecular weight excluding hydrogens is 435 g/mol. The smallest absolute Gasteiger partial charge is 0.257 e. The molecule has 0 spiro atoms. The Bertz CT molecular complexity index is 957. The Morgan fingerprint density at radius 3 is 2.27 bits per heavy atom. The number of aryl methyl sites for hydroxylation is 1. The van der Waals surface area contributed by atoms with Gasteiger partial charge in [0.1, 0.15) is 17.6 Å². The van der Waals surface area contributed by atoms with E-state index in [1.165, 1.54) is 6.92 Å². The molecule has 2 aromatic carbocycles. The van der Waals surface area contributed by atoms with Gasteiger partial charge in [-0.25, -0.2) is 8.78 Å². The fraction of sp³-hybridized carbons (Fsp3) is 0.238. The molecule has 0 fully saturated rings. The Balaban J connectivity index is 2.61. The van der Waals surface area contributed by atoms with Gasteiger partial charge in [-0.1, -0.05) is 42.5 Å². The molecule has 0 radical (unpaired) electrons. The Morgan fingerprint density at radius 1 is 1.13 bits per heavy atom. The fourth-order valence-corrected chi connectivity index (χ4v) is 3.12. The zero-order valence-electron chi connectivity index (χ0n) is 15.8. The van der Waals surface area contributed by atoms with Gasteiger partial charge in [0.25, 0.3) is 0 Å². The second-order valence-electron chi connectivity index (χ2n) is 6.50. The molecule has 2 aromatic rings. The zero-order valence-corrected chi connectivity index (χ0v) is 16.6. The van der Waals surface area contributed by atoms with E-state index in [0.29, 0.717) is 0 Å². The lowest BCUT2D eigenvalue weighted by atomic mass is 9.94. The van der Waals surface area contributed by atoms with Crippen molar-refractivity contribution in [1.82, 2.24) is 5.32 Å². The quantitative estimate of drug-likeness (QED) is 0.357. The van der Waals surface area contributed by atoms with Crippen LogP contribution in [0.3, 0.4) is 0 Å². The number of hydrogen-bond donors (Lipinski definition) is 1. The molecule has 1 unspecified atom stereocenters. The summed E-state index contributed by atoms with van der Waals surface area (Å²) in [5, 5.41) is 1.21. The highest BCUT2D eigenvalue weighted by molar-refractivity contribution is 6.30. The number of rotatable bonds is 6.